The van der Waals surface area contributed by atoms with Crippen molar-refractivity contribution in [1.29, 1.82) is 5.41 Å². The molecule has 10 N–H and O–H groups in total. The zero-order chi connectivity index (χ0) is 44.1. The van der Waals surface area contributed by atoms with E-state index in [-0.39, 0.29) is 53.2 Å². The summed E-state index contributed by atoms with van der Waals surface area (Å²) in [6.07, 6.45) is -1.65. The van der Waals surface area contributed by atoms with Crippen molar-refractivity contribution in [3.63, 3.8) is 0 Å². The lowest BCUT2D eigenvalue weighted by Crippen LogP contribution is -2.78. The van der Waals surface area contributed by atoms with Crippen molar-refractivity contribution >= 4 is 35.3 Å². The number of ether oxygens (including phenoxy) is 5. The number of carbonyl (C=O) groups is 1. The molecule has 2 bridgehead atoms. The highest BCUT2D eigenvalue weighted by atomic mass is 16.7. The number of carboxylic acid groups (broad SMARTS) is 1. The third-order valence-corrected chi connectivity index (χ3v) is 11.2. The van der Waals surface area contributed by atoms with Crippen LogP contribution in [0.2, 0.25) is 0 Å². The summed E-state index contributed by atoms with van der Waals surface area (Å²) in [4.78, 5) is 24.7. The van der Waals surface area contributed by atoms with Gasteiger partial charge in [-0.15, -0.1) is 0 Å². The van der Waals surface area contributed by atoms with Crippen LogP contribution in [0.3, 0.4) is 0 Å². The van der Waals surface area contributed by atoms with Crippen LogP contribution >= 0.6 is 0 Å². The fourth-order valence-electron chi connectivity index (χ4n) is 8.00. The van der Waals surface area contributed by atoms with Gasteiger partial charge < -0.3 is 69.6 Å². The number of nitrogens with zero attached hydrogens (tertiary/aromatic N) is 3. The number of hydrogen-bond acceptors (Lipinski definition) is 17. The molecule has 0 aromatic heterocycles. The Morgan fingerprint density at radius 1 is 1.06 bits per heavy atom. The molecule has 3 aromatic carbocycles. The second-order valence-corrected chi connectivity index (χ2v) is 15.2. The van der Waals surface area contributed by atoms with E-state index >= 15 is 0 Å². The van der Waals surface area contributed by atoms with Crippen LogP contribution in [0.1, 0.15) is 35.3 Å². The number of amidine groups is 1. The molecule has 1 aliphatic carbocycles. The predicted molar refractivity (Wildman–Crippen MR) is 218 cm³/mol. The van der Waals surface area contributed by atoms with Gasteiger partial charge >= 0.3 is 5.97 Å². The third-order valence-electron chi connectivity index (χ3n) is 11.2. The van der Waals surface area contributed by atoms with Gasteiger partial charge in [-0.2, -0.15) is 0 Å². The van der Waals surface area contributed by atoms with Crippen LogP contribution in [0.5, 0.6) is 34.5 Å². The van der Waals surface area contributed by atoms with Crippen molar-refractivity contribution in [3.8, 4) is 34.5 Å². The second-order valence-electron chi connectivity index (χ2n) is 15.2. The average Bonchev–Trinajstić information content (AvgIpc) is 3.94. The molecule has 0 saturated carbocycles. The van der Waals surface area contributed by atoms with E-state index in [2.05, 4.69) is 15.0 Å². The highest BCUT2D eigenvalue weighted by Crippen LogP contribution is 2.53. The van der Waals surface area contributed by atoms with Crippen LogP contribution in [-0.2, 0) is 22.6 Å². The minimum absolute atomic E-state index is 0.000643. The highest BCUT2D eigenvalue weighted by Gasteiger charge is 2.70. The van der Waals surface area contributed by atoms with E-state index in [4.69, 9.17) is 29.1 Å². The van der Waals surface area contributed by atoms with E-state index in [1.54, 1.807) is 24.3 Å². The molecule has 0 spiro atoms. The number of aliphatic hydroxyl groups is 6. The van der Waals surface area contributed by atoms with Crippen LogP contribution < -0.4 is 18.9 Å². The minimum Gasteiger partial charge on any atom is -0.508 e. The molecule has 5 aliphatic rings. The van der Waals surface area contributed by atoms with Crippen molar-refractivity contribution in [1.82, 2.24) is 0 Å². The Balaban J connectivity index is 1.12. The summed E-state index contributed by atoms with van der Waals surface area (Å²) in [5.41, 5.74) is -3.41. The van der Waals surface area contributed by atoms with Crippen molar-refractivity contribution in [2.45, 2.75) is 68.0 Å². The normalized spacial score (nSPS) is 28.0. The van der Waals surface area contributed by atoms with Crippen LogP contribution in [0.15, 0.2) is 93.9 Å². The number of phenolic OH excluding ortho intramolecular Hbond substituents is 2. The fourth-order valence-corrected chi connectivity index (χ4v) is 8.00. The van der Waals surface area contributed by atoms with Crippen LogP contribution in [0, 0.1) is 11.3 Å². The summed E-state index contributed by atoms with van der Waals surface area (Å²) in [7, 11) is 0. The first-order chi connectivity index (χ1) is 29.6. The van der Waals surface area contributed by atoms with Gasteiger partial charge in [-0.3, -0.25) is 10.4 Å². The number of carboxylic acids is 1. The quantitative estimate of drug-likeness (QED) is 0.104. The van der Waals surface area contributed by atoms with Gasteiger partial charge in [0.05, 0.1) is 30.5 Å². The number of nitrogens with one attached hydrogen (secondary N) is 1. The number of hydrogen-bond donors (Lipinski definition) is 10. The van der Waals surface area contributed by atoms with Gasteiger partial charge in [0.2, 0.25) is 12.0 Å². The topological polar surface area (TPSA) is 306 Å². The van der Waals surface area contributed by atoms with Crippen molar-refractivity contribution in [3.05, 3.63) is 101 Å². The molecular formula is C43H42N4O15. The molecule has 62 heavy (non-hydrogen) atoms. The Labute approximate surface area is 352 Å². The van der Waals surface area contributed by atoms with Gasteiger partial charge in [0.1, 0.15) is 71.3 Å². The largest absolute Gasteiger partial charge is 0.508 e. The van der Waals surface area contributed by atoms with Crippen molar-refractivity contribution in [2.75, 3.05) is 13.2 Å². The second kappa shape index (κ2) is 16.3. The highest BCUT2D eigenvalue weighted by molar-refractivity contribution is 6.15. The number of aliphatic imine (C=N–C) groups is 3. The fraction of sp³-hybridized carbons (Fsp3) is 0.326. The van der Waals surface area contributed by atoms with Gasteiger partial charge in [0, 0.05) is 12.1 Å². The van der Waals surface area contributed by atoms with E-state index in [0.29, 0.717) is 17.5 Å². The van der Waals surface area contributed by atoms with Gasteiger partial charge in [0.15, 0.2) is 29.3 Å². The first kappa shape index (κ1) is 42.1. The molecule has 0 amide bonds. The lowest BCUT2D eigenvalue weighted by molar-refractivity contribution is -0.337. The first-order valence-corrected chi connectivity index (χ1v) is 19.4. The molecular weight excluding hydrogens is 812 g/mol. The molecule has 19 heteroatoms. The van der Waals surface area contributed by atoms with Crippen LogP contribution in [0.4, 0.5) is 0 Å². The van der Waals surface area contributed by atoms with Crippen molar-refractivity contribution in [2.24, 2.45) is 20.9 Å². The van der Waals surface area contributed by atoms with Crippen molar-refractivity contribution < 1.29 is 74.4 Å². The summed E-state index contributed by atoms with van der Waals surface area (Å²) in [5, 5.41) is 107. The maximum Gasteiger partial charge on any atom is 0.336 e. The molecule has 9 unspecified atom stereocenters. The zero-order valence-electron chi connectivity index (χ0n) is 32.8. The third kappa shape index (κ3) is 7.44. The number of aliphatic carboxylic acids is 1. The maximum absolute atomic E-state index is 12.7. The standard InChI is InChI=1S/C43H42N4O15/c1-2-20-11-21(13-23(49)12-20)18-58-37-31(61-41-42(56)10-9-25(27-16-45-19-46-27)43(57,40(42)55)38(62-41)39(53)54)15-30-34(36(37)52)28(50)14-29(60-30)22-3-5-24(6-4-22)59-32(17-48)35(51)26-7-8-33(44)47-26/h3-15,19,25,29,32,35,38,40-41,44,48-52,55-57H,2,16-18H2,1H3,(H,53,54). The summed E-state index contributed by atoms with van der Waals surface area (Å²) in [6.45, 7) is 1.03. The molecule has 3 aromatic rings. The molecule has 9 atom stereocenters. The van der Waals surface area contributed by atoms with Gasteiger partial charge in [-0.25, -0.2) is 14.8 Å². The molecule has 19 nitrogen and oxygen atoms in total. The summed E-state index contributed by atoms with van der Waals surface area (Å²) >= 11 is 0. The number of fused-ring (bicyclic) bond motifs is 3. The lowest BCUT2D eigenvalue weighted by Gasteiger charge is -2.55. The van der Waals surface area contributed by atoms with E-state index in [9.17, 15) is 50.8 Å². The minimum atomic E-state index is -2.65. The molecule has 8 rings (SSSR count). The molecule has 4 aliphatic heterocycles. The average molecular weight is 855 g/mol. The maximum atomic E-state index is 12.7. The Morgan fingerprint density at radius 3 is 2.48 bits per heavy atom. The molecule has 4 heterocycles. The van der Waals surface area contributed by atoms with Gasteiger partial charge in [-0.1, -0.05) is 31.2 Å². The van der Waals surface area contributed by atoms with E-state index < -0.39 is 89.5 Å². The number of benzene rings is 3. The van der Waals surface area contributed by atoms with Gasteiger partial charge in [0.25, 0.3) is 0 Å². The monoisotopic (exact) mass is 854 g/mol. The zero-order valence-corrected chi connectivity index (χ0v) is 32.8. The Morgan fingerprint density at radius 2 is 1.82 bits per heavy atom. The molecule has 1 saturated heterocycles. The molecule has 1 fully saturated rings. The summed E-state index contributed by atoms with van der Waals surface area (Å²) in [6, 6.07) is 12.2. The summed E-state index contributed by atoms with van der Waals surface area (Å²) in [5.74, 6) is -4.96. The van der Waals surface area contributed by atoms with E-state index in [1.165, 1.54) is 54.9 Å². The molecule has 324 valence electrons. The Hall–Kier alpha value is -6.61. The number of aromatic hydroxyl groups is 2. The Bertz CT molecular complexity index is 2480. The first-order valence-electron chi connectivity index (χ1n) is 19.4. The number of aliphatic hydroxyl groups excluding tert-OH is 4. The van der Waals surface area contributed by atoms with E-state index in [0.717, 1.165) is 11.6 Å². The number of rotatable bonds is 14. The SMILES string of the molecule is CCc1cc(O)cc(COc2c(OC3OC(C(=O)O)C4(O)C(C5=NC=NC5)C=CC3(O)C4O)cc3c(c2O)C(O)=CC(c2ccc(OC(CO)C(O)C4=NC(=N)C=C4)cc2)O3)c1. The van der Waals surface area contributed by atoms with Crippen LogP contribution in [-0.4, -0.2) is 131 Å². The predicted octanol–water partition coefficient (Wildman–Crippen LogP) is 2.04. The summed E-state index contributed by atoms with van der Waals surface area (Å²) < 4.78 is 30.0. The van der Waals surface area contributed by atoms with Crippen LogP contribution in [0.25, 0.3) is 5.76 Å². The lowest BCUT2D eigenvalue weighted by atomic mass is 9.64. The number of aryl methyl sites for hydroxylation is 1. The number of phenols is 2. The molecule has 0 radical (unpaired) electrons. The van der Waals surface area contributed by atoms with E-state index in [1.807, 2.05) is 6.92 Å². The van der Waals surface area contributed by atoms with Gasteiger partial charge in [-0.05, 0) is 65.6 Å². The Kier molecular flexibility index (Phi) is 11.1. The smallest absolute Gasteiger partial charge is 0.336 e.